The van der Waals surface area contributed by atoms with Gasteiger partial charge < -0.3 is 9.64 Å². The number of nitrogens with zero attached hydrogens (tertiary/aromatic N) is 5. The van der Waals surface area contributed by atoms with Crippen LogP contribution >= 0.6 is 0 Å². The Balaban J connectivity index is 1.76. The van der Waals surface area contributed by atoms with E-state index in [4.69, 9.17) is 4.74 Å². The molecule has 8 nitrogen and oxygen atoms in total. The molecular weight excluding hydrogens is 308 g/mol. The number of morpholine rings is 1. The fraction of sp³-hybridized carbons (Fsp3) is 0.625. The standard InChI is InChI=1S/C16H24N6O2/c1-9(14-10(2)20-21(5)11(14)3)16(23)22-6-7-24-13(8-22)15-17-12(4)18-19-15/h9,13H,6-8H2,1-5H3,(H,17,18,19). The van der Waals surface area contributed by atoms with Crippen LogP contribution in [0.4, 0.5) is 0 Å². The van der Waals surface area contributed by atoms with Crippen molar-refractivity contribution in [2.75, 3.05) is 19.7 Å². The number of aryl methyl sites for hydroxylation is 3. The minimum absolute atomic E-state index is 0.0924. The van der Waals surface area contributed by atoms with Crippen LogP contribution in [0.15, 0.2) is 0 Å². The van der Waals surface area contributed by atoms with E-state index in [1.165, 1.54) is 0 Å². The van der Waals surface area contributed by atoms with E-state index in [0.29, 0.717) is 25.5 Å². The van der Waals surface area contributed by atoms with Gasteiger partial charge in [0.1, 0.15) is 11.9 Å². The molecule has 3 heterocycles. The van der Waals surface area contributed by atoms with Crippen molar-refractivity contribution < 1.29 is 9.53 Å². The highest BCUT2D eigenvalue weighted by molar-refractivity contribution is 5.84. The molecule has 0 aliphatic carbocycles. The van der Waals surface area contributed by atoms with Gasteiger partial charge in [0, 0.05) is 24.8 Å². The second-order valence-corrected chi connectivity index (χ2v) is 6.35. The maximum atomic E-state index is 13.0. The van der Waals surface area contributed by atoms with Crippen LogP contribution in [0, 0.1) is 20.8 Å². The fourth-order valence-electron chi connectivity index (χ4n) is 3.32. The zero-order valence-electron chi connectivity index (χ0n) is 14.8. The molecule has 1 aliphatic rings. The molecule has 0 spiro atoms. The Morgan fingerprint density at radius 3 is 2.71 bits per heavy atom. The first-order valence-electron chi connectivity index (χ1n) is 8.18. The molecule has 0 saturated carbocycles. The molecule has 0 radical (unpaired) electrons. The lowest BCUT2D eigenvalue weighted by Crippen LogP contribution is -2.44. The van der Waals surface area contributed by atoms with Crippen molar-refractivity contribution in [2.24, 2.45) is 7.05 Å². The number of aromatic nitrogens is 5. The lowest BCUT2D eigenvalue weighted by Gasteiger charge is -2.33. The molecule has 0 bridgehead atoms. The first-order chi connectivity index (χ1) is 11.4. The third-order valence-corrected chi connectivity index (χ3v) is 4.65. The van der Waals surface area contributed by atoms with Gasteiger partial charge in [-0.25, -0.2) is 4.98 Å². The molecule has 24 heavy (non-hydrogen) atoms. The Morgan fingerprint density at radius 1 is 1.38 bits per heavy atom. The van der Waals surface area contributed by atoms with Gasteiger partial charge in [-0.2, -0.15) is 10.2 Å². The number of rotatable bonds is 3. The van der Waals surface area contributed by atoms with E-state index in [9.17, 15) is 4.79 Å². The van der Waals surface area contributed by atoms with Gasteiger partial charge in [-0.05, 0) is 27.7 Å². The van der Waals surface area contributed by atoms with Crippen LogP contribution in [0.1, 0.15) is 47.5 Å². The number of carbonyl (C=O) groups excluding carboxylic acids is 1. The zero-order chi connectivity index (χ0) is 17.4. The molecule has 8 heteroatoms. The van der Waals surface area contributed by atoms with E-state index < -0.39 is 0 Å². The third-order valence-electron chi connectivity index (χ3n) is 4.65. The lowest BCUT2D eigenvalue weighted by atomic mass is 9.97. The summed E-state index contributed by atoms with van der Waals surface area (Å²) in [5.74, 6) is 1.21. The molecule has 2 aromatic rings. The topological polar surface area (TPSA) is 88.9 Å². The van der Waals surface area contributed by atoms with Crippen LogP contribution in [0.2, 0.25) is 0 Å². The van der Waals surface area contributed by atoms with E-state index in [2.05, 4.69) is 20.3 Å². The number of nitrogens with one attached hydrogen (secondary N) is 1. The molecule has 1 N–H and O–H groups in total. The van der Waals surface area contributed by atoms with Crippen LogP contribution in [-0.4, -0.2) is 55.5 Å². The smallest absolute Gasteiger partial charge is 0.230 e. The van der Waals surface area contributed by atoms with Gasteiger partial charge in [0.15, 0.2) is 5.82 Å². The number of amides is 1. The quantitative estimate of drug-likeness (QED) is 0.911. The van der Waals surface area contributed by atoms with E-state index in [0.717, 1.165) is 22.8 Å². The second kappa shape index (κ2) is 6.35. The normalized spacial score (nSPS) is 19.5. The van der Waals surface area contributed by atoms with Crippen LogP contribution in [0.3, 0.4) is 0 Å². The minimum atomic E-state index is -0.282. The SMILES string of the molecule is Cc1nc(C2CN(C(=O)C(C)c3c(C)nn(C)c3C)CCO2)n[nH]1. The molecule has 0 aromatic carbocycles. The van der Waals surface area contributed by atoms with Crippen molar-refractivity contribution in [3.8, 4) is 0 Å². The summed E-state index contributed by atoms with van der Waals surface area (Å²) >= 11 is 0. The number of hydrogen-bond donors (Lipinski definition) is 1. The van der Waals surface area contributed by atoms with Crippen LogP contribution in [-0.2, 0) is 16.6 Å². The van der Waals surface area contributed by atoms with Crippen molar-refractivity contribution in [2.45, 2.75) is 39.7 Å². The molecule has 2 unspecified atom stereocenters. The van der Waals surface area contributed by atoms with Crippen molar-refractivity contribution in [3.63, 3.8) is 0 Å². The first kappa shape index (κ1) is 16.6. The number of hydrogen-bond acceptors (Lipinski definition) is 5. The van der Waals surface area contributed by atoms with Gasteiger partial charge in [0.2, 0.25) is 5.91 Å². The van der Waals surface area contributed by atoms with Crippen LogP contribution < -0.4 is 0 Å². The largest absolute Gasteiger partial charge is 0.366 e. The van der Waals surface area contributed by atoms with Crippen LogP contribution in [0.25, 0.3) is 0 Å². The maximum absolute atomic E-state index is 13.0. The maximum Gasteiger partial charge on any atom is 0.230 e. The van der Waals surface area contributed by atoms with Gasteiger partial charge in [-0.15, -0.1) is 0 Å². The van der Waals surface area contributed by atoms with Gasteiger partial charge in [0.05, 0.1) is 24.8 Å². The summed E-state index contributed by atoms with van der Waals surface area (Å²) in [6.07, 6.45) is -0.282. The summed E-state index contributed by atoms with van der Waals surface area (Å²) in [6.45, 7) is 9.28. The first-order valence-corrected chi connectivity index (χ1v) is 8.18. The second-order valence-electron chi connectivity index (χ2n) is 6.35. The van der Waals surface area contributed by atoms with Crippen molar-refractivity contribution in [3.05, 3.63) is 28.6 Å². The zero-order valence-corrected chi connectivity index (χ0v) is 14.8. The number of carbonyl (C=O) groups is 1. The molecule has 1 fully saturated rings. The summed E-state index contributed by atoms with van der Waals surface area (Å²) in [7, 11) is 1.90. The van der Waals surface area contributed by atoms with Gasteiger partial charge in [-0.3, -0.25) is 14.6 Å². The Labute approximate surface area is 141 Å². The monoisotopic (exact) mass is 332 g/mol. The minimum Gasteiger partial charge on any atom is -0.366 e. The summed E-state index contributed by atoms with van der Waals surface area (Å²) < 4.78 is 7.57. The Kier molecular flexibility index (Phi) is 4.40. The van der Waals surface area contributed by atoms with Crippen molar-refractivity contribution >= 4 is 5.91 Å². The van der Waals surface area contributed by atoms with Gasteiger partial charge >= 0.3 is 0 Å². The molecule has 2 aromatic heterocycles. The predicted molar refractivity (Wildman–Crippen MR) is 87.5 cm³/mol. The van der Waals surface area contributed by atoms with E-state index in [1.807, 2.05) is 44.3 Å². The highest BCUT2D eigenvalue weighted by Gasteiger charge is 2.32. The highest BCUT2D eigenvalue weighted by atomic mass is 16.5. The molecule has 1 saturated heterocycles. The summed E-state index contributed by atoms with van der Waals surface area (Å²) in [6, 6.07) is 0. The molecule has 3 rings (SSSR count). The Hall–Kier alpha value is -2.22. The molecule has 130 valence electrons. The average molecular weight is 332 g/mol. The highest BCUT2D eigenvalue weighted by Crippen LogP contribution is 2.27. The molecule has 2 atom stereocenters. The third kappa shape index (κ3) is 2.93. The number of ether oxygens (including phenoxy) is 1. The van der Waals surface area contributed by atoms with E-state index in [1.54, 1.807) is 0 Å². The average Bonchev–Trinajstić information content (AvgIpc) is 3.10. The van der Waals surface area contributed by atoms with Gasteiger partial charge in [-0.1, -0.05) is 0 Å². The van der Waals surface area contributed by atoms with E-state index in [-0.39, 0.29) is 17.9 Å². The summed E-state index contributed by atoms with van der Waals surface area (Å²) in [4.78, 5) is 19.1. The summed E-state index contributed by atoms with van der Waals surface area (Å²) in [5, 5.41) is 11.4. The molecular formula is C16H24N6O2. The predicted octanol–water partition coefficient (Wildman–Crippen LogP) is 1.17. The molecule has 1 amide bonds. The number of aromatic amines is 1. The van der Waals surface area contributed by atoms with Gasteiger partial charge in [0.25, 0.3) is 0 Å². The van der Waals surface area contributed by atoms with Crippen molar-refractivity contribution in [1.29, 1.82) is 0 Å². The number of H-pyrrole nitrogens is 1. The van der Waals surface area contributed by atoms with E-state index >= 15 is 0 Å². The lowest BCUT2D eigenvalue weighted by molar-refractivity contribution is -0.140. The fourth-order valence-corrected chi connectivity index (χ4v) is 3.32. The Morgan fingerprint density at radius 2 is 2.12 bits per heavy atom. The summed E-state index contributed by atoms with van der Waals surface area (Å²) in [5.41, 5.74) is 2.95. The molecule has 1 aliphatic heterocycles. The van der Waals surface area contributed by atoms with Crippen LogP contribution in [0.5, 0.6) is 0 Å². The van der Waals surface area contributed by atoms with Crippen molar-refractivity contribution in [1.82, 2.24) is 29.9 Å². The Bertz CT molecular complexity index is 750.